The van der Waals surface area contributed by atoms with Crippen LogP contribution in [-0.4, -0.2) is 31.2 Å². The molecule has 1 fully saturated rings. The van der Waals surface area contributed by atoms with Crippen LogP contribution in [0.2, 0.25) is 0 Å². The first-order chi connectivity index (χ1) is 9.08. The van der Waals surface area contributed by atoms with Gasteiger partial charge in [-0.15, -0.1) is 0 Å². The van der Waals surface area contributed by atoms with E-state index in [2.05, 4.69) is 26.6 Å². The molecule has 1 unspecified atom stereocenters. The quantitative estimate of drug-likeness (QED) is 0.893. The molecule has 0 radical (unpaired) electrons. The maximum atomic E-state index is 12.2. The zero-order valence-electron chi connectivity index (χ0n) is 11.2. The summed E-state index contributed by atoms with van der Waals surface area (Å²) in [5, 5.41) is 6.21. The lowest BCUT2D eigenvalue weighted by Gasteiger charge is -2.30. The molecule has 4 nitrogen and oxygen atoms in total. The van der Waals surface area contributed by atoms with Gasteiger partial charge in [0.05, 0.1) is 18.8 Å². The van der Waals surface area contributed by atoms with Crippen LogP contribution in [-0.2, 0) is 9.53 Å². The number of benzene rings is 1. The van der Waals surface area contributed by atoms with Gasteiger partial charge in [0.2, 0.25) is 5.91 Å². The number of morpholine rings is 1. The molecule has 3 atom stereocenters. The highest BCUT2D eigenvalue weighted by Crippen LogP contribution is 2.17. The van der Waals surface area contributed by atoms with Gasteiger partial charge in [-0.3, -0.25) is 4.79 Å². The number of amides is 1. The zero-order chi connectivity index (χ0) is 13.8. The van der Waals surface area contributed by atoms with Crippen molar-refractivity contribution in [2.24, 2.45) is 0 Å². The molecular weight excluding hydrogens is 308 g/mol. The molecule has 1 amide bonds. The van der Waals surface area contributed by atoms with Gasteiger partial charge in [0.15, 0.2) is 0 Å². The van der Waals surface area contributed by atoms with Crippen molar-refractivity contribution in [3.63, 3.8) is 0 Å². The lowest BCUT2D eigenvalue weighted by Crippen LogP contribution is -2.55. The molecule has 0 bridgehead atoms. The third-order valence-corrected chi connectivity index (χ3v) is 3.86. The Kier molecular flexibility index (Phi) is 4.96. The minimum atomic E-state index is -0.272. The highest BCUT2D eigenvalue weighted by Gasteiger charge is 2.28. The standard InChI is InChI=1S/C14H19BrN2O2/c1-9(11-3-5-12(15)6-4-11)17-14(18)13-10(2)19-8-7-16-13/h3-6,9-10,13,16H,7-8H2,1-2H3,(H,17,18)/t9?,10-,13+/m1/s1. The first kappa shape index (κ1) is 14.5. The van der Waals surface area contributed by atoms with Crippen LogP contribution < -0.4 is 10.6 Å². The predicted octanol–water partition coefficient (Wildman–Crippen LogP) is 2.00. The third-order valence-electron chi connectivity index (χ3n) is 3.33. The van der Waals surface area contributed by atoms with Gasteiger partial charge in [0.25, 0.3) is 0 Å². The van der Waals surface area contributed by atoms with Gasteiger partial charge in [-0.2, -0.15) is 0 Å². The van der Waals surface area contributed by atoms with E-state index in [4.69, 9.17) is 4.74 Å². The Bertz CT molecular complexity index is 436. The summed E-state index contributed by atoms with van der Waals surface area (Å²) in [6.45, 7) is 5.28. The highest BCUT2D eigenvalue weighted by molar-refractivity contribution is 9.10. The largest absolute Gasteiger partial charge is 0.375 e. The van der Waals surface area contributed by atoms with E-state index < -0.39 is 0 Å². The third kappa shape index (κ3) is 3.78. The number of rotatable bonds is 3. The molecule has 0 aliphatic carbocycles. The summed E-state index contributed by atoms with van der Waals surface area (Å²) in [4.78, 5) is 12.2. The molecule has 1 aromatic rings. The van der Waals surface area contributed by atoms with Gasteiger partial charge in [0.1, 0.15) is 6.04 Å². The van der Waals surface area contributed by atoms with Gasteiger partial charge < -0.3 is 15.4 Å². The summed E-state index contributed by atoms with van der Waals surface area (Å²) in [5.74, 6) is -0.0115. The summed E-state index contributed by atoms with van der Waals surface area (Å²) >= 11 is 3.40. The van der Waals surface area contributed by atoms with Gasteiger partial charge >= 0.3 is 0 Å². The van der Waals surface area contributed by atoms with Gasteiger partial charge in [-0.1, -0.05) is 28.1 Å². The van der Waals surface area contributed by atoms with Crippen LogP contribution in [0.25, 0.3) is 0 Å². The molecule has 5 heteroatoms. The van der Waals surface area contributed by atoms with Crippen LogP contribution in [0.3, 0.4) is 0 Å². The minimum Gasteiger partial charge on any atom is -0.375 e. The van der Waals surface area contributed by atoms with Crippen LogP contribution >= 0.6 is 15.9 Å². The predicted molar refractivity (Wildman–Crippen MR) is 77.9 cm³/mol. The molecule has 1 heterocycles. The Balaban J connectivity index is 1.96. The maximum absolute atomic E-state index is 12.2. The Morgan fingerprint density at radius 1 is 1.47 bits per heavy atom. The van der Waals surface area contributed by atoms with Crippen LogP contribution in [0.15, 0.2) is 28.7 Å². The fourth-order valence-corrected chi connectivity index (χ4v) is 2.43. The minimum absolute atomic E-state index is 0.0115. The number of ether oxygens (including phenoxy) is 1. The summed E-state index contributed by atoms with van der Waals surface area (Å²) in [7, 11) is 0. The van der Waals surface area contributed by atoms with Crippen molar-refractivity contribution in [1.82, 2.24) is 10.6 Å². The van der Waals surface area contributed by atoms with Crippen LogP contribution in [0.4, 0.5) is 0 Å². The average molecular weight is 327 g/mol. The summed E-state index contributed by atoms with van der Waals surface area (Å²) in [5.41, 5.74) is 1.08. The number of halogens is 1. The second-order valence-corrected chi connectivity index (χ2v) is 5.71. The number of nitrogens with one attached hydrogen (secondary N) is 2. The molecule has 1 saturated heterocycles. The molecule has 1 aliphatic rings. The fraction of sp³-hybridized carbons (Fsp3) is 0.500. The monoisotopic (exact) mass is 326 g/mol. The number of carbonyl (C=O) groups is 1. The molecule has 19 heavy (non-hydrogen) atoms. The lowest BCUT2D eigenvalue weighted by atomic mass is 10.1. The van der Waals surface area contributed by atoms with Crippen molar-refractivity contribution >= 4 is 21.8 Å². The van der Waals surface area contributed by atoms with E-state index >= 15 is 0 Å². The van der Waals surface area contributed by atoms with Crippen LogP contribution in [0, 0.1) is 0 Å². The highest BCUT2D eigenvalue weighted by atomic mass is 79.9. The molecule has 2 rings (SSSR count). The molecule has 1 aromatic carbocycles. The van der Waals surface area contributed by atoms with E-state index in [1.165, 1.54) is 0 Å². The topological polar surface area (TPSA) is 50.4 Å². The Labute approximate surface area is 122 Å². The van der Waals surface area contributed by atoms with Crippen molar-refractivity contribution in [2.75, 3.05) is 13.2 Å². The maximum Gasteiger partial charge on any atom is 0.240 e. The molecule has 0 spiro atoms. The van der Waals surface area contributed by atoms with E-state index in [1.54, 1.807) is 0 Å². The first-order valence-electron chi connectivity index (χ1n) is 6.49. The lowest BCUT2D eigenvalue weighted by molar-refractivity contribution is -0.129. The second kappa shape index (κ2) is 6.50. The molecule has 104 valence electrons. The Hall–Kier alpha value is -0.910. The van der Waals surface area contributed by atoms with Crippen molar-refractivity contribution in [3.05, 3.63) is 34.3 Å². The summed E-state index contributed by atoms with van der Waals surface area (Å²) in [6.07, 6.45) is -0.0918. The zero-order valence-corrected chi connectivity index (χ0v) is 12.7. The van der Waals surface area contributed by atoms with Gasteiger partial charge in [-0.05, 0) is 31.5 Å². The normalized spacial score (nSPS) is 24.8. The number of hydrogen-bond donors (Lipinski definition) is 2. The van der Waals surface area contributed by atoms with E-state index in [1.807, 2.05) is 38.1 Å². The van der Waals surface area contributed by atoms with Gasteiger partial charge in [-0.25, -0.2) is 0 Å². The SMILES string of the molecule is CC(NC(=O)[C@H]1NCCO[C@@H]1C)c1ccc(Br)cc1. The summed E-state index contributed by atoms with van der Waals surface area (Å²) < 4.78 is 6.52. The van der Waals surface area contributed by atoms with Crippen LogP contribution in [0.1, 0.15) is 25.5 Å². The van der Waals surface area contributed by atoms with Crippen molar-refractivity contribution in [1.29, 1.82) is 0 Å². The van der Waals surface area contributed by atoms with E-state index in [9.17, 15) is 4.79 Å². The average Bonchev–Trinajstić information content (AvgIpc) is 2.39. The molecule has 0 saturated carbocycles. The molecule has 1 aliphatic heterocycles. The Morgan fingerprint density at radius 2 is 2.16 bits per heavy atom. The van der Waals surface area contributed by atoms with Crippen molar-refractivity contribution in [3.8, 4) is 0 Å². The smallest absolute Gasteiger partial charge is 0.240 e. The molecule has 2 N–H and O–H groups in total. The Morgan fingerprint density at radius 3 is 2.79 bits per heavy atom. The van der Waals surface area contributed by atoms with Crippen molar-refractivity contribution in [2.45, 2.75) is 32.0 Å². The fourth-order valence-electron chi connectivity index (χ4n) is 2.17. The summed E-state index contributed by atoms with van der Waals surface area (Å²) in [6, 6.07) is 7.67. The first-order valence-corrected chi connectivity index (χ1v) is 7.28. The van der Waals surface area contributed by atoms with Crippen LogP contribution in [0.5, 0.6) is 0 Å². The number of hydrogen-bond acceptors (Lipinski definition) is 3. The number of carbonyl (C=O) groups excluding carboxylic acids is 1. The molecule has 0 aromatic heterocycles. The van der Waals surface area contributed by atoms with Crippen molar-refractivity contribution < 1.29 is 9.53 Å². The van der Waals surface area contributed by atoms with E-state index in [-0.39, 0.29) is 24.1 Å². The van der Waals surface area contributed by atoms with E-state index in [0.717, 1.165) is 16.6 Å². The van der Waals surface area contributed by atoms with E-state index in [0.29, 0.717) is 6.61 Å². The van der Waals surface area contributed by atoms with Gasteiger partial charge in [0, 0.05) is 11.0 Å². The second-order valence-electron chi connectivity index (χ2n) is 4.79. The molecular formula is C14H19BrN2O2.